The van der Waals surface area contributed by atoms with Crippen LogP contribution in [0, 0.1) is 0 Å². The highest BCUT2D eigenvalue weighted by Gasteiger charge is 2.18. The molecule has 1 aromatic rings. The second-order valence-electron chi connectivity index (χ2n) is 3.24. The molecular formula is C11H14BrNO4. The third-order valence-corrected chi connectivity index (χ3v) is 2.97. The third-order valence-electron chi connectivity index (χ3n) is 2.32. The summed E-state index contributed by atoms with van der Waals surface area (Å²) in [6.07, 6.45) is 1.28. The van der Waals surface area contributed by atoms with Crippen LogP contribution in [0.2, 0.25) is 0 Å². The lowest BCUT2D eigenvalue weighted by atomic mass is 10.1. The standard InChI is InChI=1S/C11H14BrNO4/c1-15-10-7(3-4-17-13)5-9(12)8(6-14)11(10)16-2/h5-6H,3-4,13H2,1-2H3. The summed E-state index contributed by atoms with van der Waals surface area (Å²) in [6.45, 7) is 0.354. The first-order chi connectivity index (χ1) is 8.19. The van der Waals surface area contributed by atoms with Gasteiger partial charge < -0.3 is 14.3 Å². The largest absolute Gasteiger partial charge is 0.493 e. The number of hydrogen-bond donors (Lipinski definition) is 1. The van der Waals surface area contributed by atoms with Crippen molar-refractivity contribution < 1.29 is 19.1 Å². The average molecular weight is 304 g/mol. The molecular weight excluding hydrogens is 290 g/mol. The summed E-state index contributed by atoms with van der Waals surface area (Å²) in [4.78, 5) is 15.5. The van der Waals surface area contributed by atoms with Crippen molar-refractivity contribution in [2.75, 3.05) is 20.8 Å². The molecule has 1 rings (SSSR count). The lowest BCUT2D eigenvalue weighted by Crippen LogP contribution is -2.07. The molecule has 0 spiro atoms. The zero-order valence-corrected chi connectivity index (χ0v) is 11.2. The van der Waals surface area contributed by atoms with E-state index in [1.807, 2.05) is 0 Å². The molecule has 0 saturated carbocycles. The van der Waals surface area contributed by atoms with E-state index in [4.69, 9.17) is 15.4 Å². The molecule has 0 radical (unpaired) electrons. The van der Waals surface area contributed by atoms with Crippen molar-refractivity contribution in [3.8, 4) is 11.5 Å². The highest BCUT2D eigenvalue weighted by molar-refractivity contribution is 9.10. The van der Waals surface area contributed by atoms with Crippen LogP contribution in [0.3, 0.4) is 0 Å². The lowest BCUT2D eigenvalue weighted by Gasteiger charge is -2.15. The highest BCUT2D eigenvalue weighted by Crippen LogP contribution is 2.38. The first kappa shape index (κ1) is 14.0. The Balaban J connectivity index is 3.31. The minimum absolute atomic E-state index is 0.354. The Hall–Kier alpha value is -1.11. The van der Waals surface area contributed by atoms with Gasteiger partial charge in [0.1, 0.15) is 0 Å². The van der Waals surface area contributed by atoms with E-state index < -0.39 is 0 Å². The first-order valence-electron chi connectivity index (χ1n) is 4.89. The number of nitrogens with two attached hydrogens (primary N) is 1. The quantitative estimate of drug-likeness (QED) is 0.640. The molecule has 0 saturated heterocycles. The van der Waals surface area contributed by atoms with Gasteiger partial charge in [0.25, 0.3) is 0 Å². The van der Waals surface area contributed by atoms with Crippen LogP contribution in [0.15, 0.2) is 10.5 Å². The first-order valence-corrected chi connectivity index (χ1v) is 5.69. The van der Waals surface area contributed by atoms with Crippen molar-refractivity contribution in [1.82, 2.24) is 0 Å². The number of benzene rings is 1. The number of halogens is 1. The monoisotopic (exact) mass is 303 g/mol. The van der Waals surface area contributed by atoms with Crippen molar-refractivity contribution in [3.63, 3.8) is 0 Å². The van der Waals surface area contributed by atoms with Crippen LogP contribution >= 0.6 is 15.9 Å². The van der Waals surface area contributed by atoms with Crippen LogP contribution in [0.25, 0.3) is 0 Å². The molecule has 0 unspecified atom stereocenters. The van der Waals surface area contributed by atoms with Gasteiger partial charge in [-0.25, -0.2) is 5.90 Å². The predicted octanol–water partition coefficient (Wildman–Crippen LogP) is 1.71. The predicted molar refractivity (Wildman–Crippen MR) is 66.5 cm³/mol. The maximum absolute atomic E-state index is 11.0. The molecule has 0 aliphatic carbocycles. The van der Waals surface area contributed by atoms with E-state index in [1.165, 1.54) is 14.2 Å². The molecule has 6 heteroatoms. The van der Waals surface area contributed by atoms with Gasteiger partial charge in [0.05, 0.1) is 26.4 Å². The Bertz CT molecular complexity index is 409. The summed E-state index contributed by atoms with van der Waals surface area (Å²) in [5, 5.41) is 0. The smallest absolute Gasteiger partial charge is 0.172 e. The van der Waals surface area contributed by atoms with E-state index in [0.717, 1.165) is 5.56 Å². The minimum atomic E-state index is 0.354. The molecule has 0 atom stereocenters. The summed E-state index contributed by atoms with van der Waals surface area (Å²) < 4.78 is 11.1. The Labute approximate surface area is 108 Å². The maximum Gasteiger partial charge on any atom is 0.172 e. The van der Waals surface area contributed by atoms with Gasteiger partial charge in [0, 0.05) is 16.5 Å². The summed E-state index contributed by atoms with van der Waals surface area (Å²) in [5.74, 6) is 5.92. The van der Waals surface area contributed by atoms with Gasteiger partial charge in [-0.05, 0) is 22.0 Å². The van der Waals surface area contributed by atoms with Crippen LogP contribution in [0.4, 0.5) is 0 Å². The summed E-state index contributed by atoms with van der Waals surface area (Å²) in [7, 11) is 3.01. The molecule has 0 heterocycles. The van der Waals surface area contributed by atoms with Crippen molar-refractivity contribution >= 4 is 22.2 Å². The van der Waals surface area contributed by atoms with Crippen molar-refractivity contribution in [2.24, 2.45) is 5.90 Å². The molecule has 5 nitrogen and oxygen atoms in total. The van der Waals surface area contributed by atoms with E-state index in [1.54, 1.807) is 6.07 Å². The molecule has 0 amide bonds. The van der Waals surface area contributed by atoms with Crippen LogP contribution in [-0.2, 0) is 11.3 Å². The Morgan fingerprint density at radius 3 is 2.47 bits per heavy atom. The molecule has 0 aromatic heterocycles. The highest BCUT2D eigenvalue weighted by atomic mass is 79.9. The van der Waals surface area contributed by atoms with Crippen LogP contribution < -0.4 is 15.4 Å². The van der Waals surface area contributed by atoms with Crippen molar-refractivity contribution in [3.05, 3.63) is 21.7 Å². The number of ether oxygens (including phenoxy) is 2. The number of carbonyl (C=O) groups is 1. The van der Waals surface area contributed by atoms with Crippen LogP contribution in [0.5, 0.6) is 11.5 Å². The Morgan fingerprint density at radius 2 is 2.00 bits per heavy atom. The summed E-state index contributed by atoms with van der Waals surface area (Å²) in [6, 6.07) is 1.80. The van der Waals surface area contributed by atoms with E-state index in [-0.39, 0.29) is 0 Å². The fourth-order valence-electron chi connectivity index (χ4n) is 1.56. The normalized spacial score (nSPS) is 10.1. The van der Waals surface area contributed by atoms with Gasteiger partial charge >= 0.3 is 0 Å². The molecule has 1 aromatic carbocycles. The van der Waals surface area contributed by atoms with Gasteiger partial charge in [-0.3, -0.25) is 4.79 Å². The van der Waals surface area contributed by atoms with E-state index in [9.17, 15) is 4.79 Å². The molecule has 0 bridgehead atoms. The second-order valence-corrected chi connectivity index (χ2v) is 4.09. The molecule has 17 heavy (non-hydrogen) atoms. The topological polar surface area (TPSA) is 70.8 Å². The summed E-state index contributed by atoms with van der Waals surface area (Å²) in [5.41, 5.74) is 1.27. The van der Waals surface area contributed by atoms with Gasteiger partial charge in [-0.1, -0.05) is 0 Å². The second kappa shape index (κ2) is 6.58. The van der Waals surface area contributed by atoms with Gasteiger partial charge in [0.2, 0.25) is 0 Å². The molecule has 94 valence electrons. The number of hydrogen-bond acceptors (Lipinski definition) is 5. The number of aldehydes is 1. The fourth-order valence-corrected chi connectivity index (χ4v) is 2.11. The molecule has 0 aliphatic rings. The maximum atomic E-state index is 11.0. The fraction of sp³-hybridized carbons (Fsp3) is 0.364. The van der Waals surface area contributed by atoms with Crippen LogP contribution in [0.1, 0.15) is 15.9 Å². The Morgan fingerprint density at radius 1 is 1.35 bits per heavy atom. The van der Waals surface area contributed by atoms with Gasteiger partial charge in [0.15, 0.2) is 17.8 Å². The molecule has 2 N–H and O–H groups in total. The number of rotatable bonds is 6. The van der Waals surface area contributed by atoms with Gasteiger partial charge in [-0.15, -0.1) is 0 Å². The minimum Gasteiger partial charge on any atom is -0.493 e. The molecule has 0 fully saturated rings. The van der Waals surface area contributed by atoms with E-state index >= 15 is 0 Å². The van der Waals surface area contributed by atoms with E-state index in [2.05, 4.69) is 20.8 Å². The third kappa shape index (κ3) is 2.96. The van der Waals surface area contributed by atoms with Crippen LogP contribution in [-0.4, -0.2) is 27.1 Å². The SMILES string of the molecule is COc1c(CCON)cc(Br)c(C=O)c1OC. The average Bonchev–Trinajstić information content (AvgIpc) is 2.35. The zero-order chi connectivity index (χ0) is 12.8. The van der Waals surface area contributed by atoms with Gasteiger partial charge in [-0.2, -0.15) is 0 Å². The number of carbonyl (C=O) groups excluding carboxylic acids is 1. The summed E-state index contributed by atoms with van der Waals surface area (Å²) >= 11 is 3.32. The zero-order valence-electron chi connectivity index (χ0n) is 9.66. The number of methoxy groups -OCH3 is 2. The lowest BCUT2D eigenvalue weighted by molar-refractivity contribution is 0.111. The molecule has 0 aliphatic heterocycles. The van der Waals surface area contributed by atoms with Crippen molar-refractivity contribution in [2.45, 2.75) is 6.42 Å². The van der Waals surface area contributed by atoms with E-state index in [0.29, 0.717) is 40.8 Å². The van der Waals surface area contributed by atoms with Crippen molar-refractivity contribution in [1.29, 1.82) is 0 Å². The Kier molecular flexibility index (Phi) is 5.40.